The Hall–Kier alpha value is -3.99. The maximum absolute atomic E-state index is 14.7. The largest absolute Gasteiger partial charge is 0.474 e. The van der Waals surface area contributed by atoms with Crippen molar-refractivity contribution >= 4 is 61.9 Å². The third-order valence-electron chi connectivity index (χ3n) is 11.0. The lowest BCUT2D eigenvalue weighted by molar-refractivity contribution is -0.133. The van der Waals surface area contributed by atoms with E-state index in [0.717, 1.165) is 52.1 Å². The summed E-state index contributed by atoms with van der Waals surface area (Å²) >= 11 is 7.95. The van der Waals surface area contributed by atoms with Crippen LogP contribution in [0.4, 0.5) is 25.8 Å². The molecular weight excluding hydrogens is 672 g/mol. The SMILES string of the molecule is C=C(F)C(=O)N1CC2C(=O)N(C)c3c(OCC45CCCN4C[C@H](F)C5)nc4c(c3N2C[C@@H]1CC#N)CCN(c1cccc2cc(Cl)sc12)C4. The molecule has 0 bridgehead atoms. The van der Waals surface area contributed by atoms with Crippen LogP contribution in [0.1, 0.15) is 36.9 Å². The Kier molecular flexibility index (Phi) is 7.96. The number of thiophene rings is 1. The highest BCUT2D eigenvalue weighted by molar-refractivity contribution is 7.23. The number of hydrogen-bond donors (Lipinski definition) is 0. The van der Waals surface area contributed by atoms with Gasteiger partial charge in [-0.2, -0.15) is 5.26 Å². The number of pyridine rings is 1. The van der Waals surface area contributed by atoms with Gasteiger partial charge < -0.3 is 24.3 Å². The van der Waals surface area contributed by atoms with Crippen molar-refractivity contribution < 1.29 is 23.1 Å². The lowest BCUT2D eigenvalue weighted by atomic mass is 9.93. The summed E-state index contributed by atoms with van der Waals surface area (Å²) in [5, 5.41) is 10.8. The Morgan fingerprint density at radius 1 is 1.27 bits per heavy atom. The highest BCUT2D eigenvalue weighted by atomic mass is 35.5. The summed E-state index contributed by atoms with van der Waals surface area (Å²) in [6, 6.07) is 8.78. The predicted octanol–water partition coefficient (Wildman–Crippen LogP) is 5.23. The number of benzene rings is 1. The van der Waals surface area contributed by atoms with Gasteiger partial charge in [-0.05, 0) is 43.3 Å². The Bertz CT molecular complexity index is 1930. The van der Waals surface area contributed by atoms with Crippen LogP contribution >= 0.6 is 22.9 Å². The fraction of sp³-hybridized carbons (Fsp3) is 0.486. The average molecular weight is 708 g/mol. The number of amides is 2. The van der Waals surface area contributed by atoms with Crippen molar-refractivity contribution in [1.82, 2.24) is 14.8 Å². The maximum atomic E-state index is 14.7. The summed E-state index contributed by atoms with van der Waals surface area (Å²) in [7, 11) is 1.67. The van der Waals surface area contributed by atoms with Crippen molar-refractivity contribution in [1.29, 1.82) is 5.26 Å². The molecule has 256 valence electrons. The Morgan fingerprint density at radius 2 is 2.10 bits per heavy atom. The van der Waals surface area contributed by atoms with Crippen LogP contribution in [-0.4, -0.2) is 96.8 Å². The van der Waals surface area contributed by atoms with E-state index in [2.05, 4.69) is 28.5 Å². The summed E-state index contributed by atoms with van der Waals surface area (Å²) in [4.78, 5) is 41.4. The zero-order valence-electron chi connectivity index (χ0n) is 27.1. The van der Waals surface area contributed by atoms with E-state index in [-0.39, 0.29) is 32.0 Å². The van der Waals surface area contributed by atoms with Crippen LogP contribution < -0.4 is 19.4 Å². The van der Waals surface area contributed by atoms with Gasteiger partial charge in [-0.1, -0.05) is 30.3 Å². The summed E-state index contributed by atoms with van der Waals surface area (Å²) in [6.45, 7) is 5.85. The fourth-order valence-corrected chi connectivity index (χ4v) is 10.00. The number of likely N-dealkylation sites (N-methyl/N-ethyl adjacent to an activating group) is 1. The van der Waals surface area contributed by atoms with Gasteiger partial charge in [-0.3, -0.25) is 14.5 Å². The standard InChI is InChI=1S/C35H36ClF2N7O3S/c1-20(37)33(46)44-18-27-34(47)41(2)30-29(45(27)16-23(44)7-10-39)24-8-12-42(26-6-3-5-21-13-28(36)49-31(21)26)17-25(24)40-32(30)48-19-35-9-4-11-43(35)15-22(38)14-35/h3,5-6,13,22-23,27H,1,4,7-9,11-12,14-19H2,2H3/t22-,23+,27?,35?/m1/s1. The maximum Gasteiger partial charge on any atom is 0.282 e. The molecule has 0 aliphatic carbocycles. The minimum absolute atomic E-state index is 0.0395. The van der Waals surface area contributed by atoms with Gasteiger partial charge >= 0.3 is 0 Å². The molecular formula is C35H36ClF2N7O3S. The molecule has 2 amide bonds. The number of carbonyl (C=O) groups is 2. The molecule has 0 saturated carbocycles. The summed E-state index contributed by atoms with van der Waals surface area (Å²) in [5.74, 6) is -2.03. The van der Waals surface area contributed by atoms with Crippen LogP contribution in [0.2, 0.25) is 4.34 Å². The second kappa shape index (κ2) is 12.1. The van der Waals surface area contributed by atoms with E-state index < -0.39 is 35.5 Å². The van der Waals surface area contributed by atoms with Crippen LogP contribution in [0, 0.1) is 11.3 Å². The van der Waals surface area contributed by atoms with E-state index in [0.29, 0.717) is 48.4 Å². The van der Waals surface area contributed by atoms with Crippen LogP contribution in [0.15, 0.2) is 36.7 Å². The molecule has 3 aromatic rings. The highest BCUT2D eigenvalue weighted by Crippen LogP contribution is 2.49. The van der Waals surface area contributed by atoms with E-state index >= 15 is 0 Å². The molecule has 0 radical (unpaired) electrons. The van der Waals surface area contributed by atoms with Crippen LogP contribution in [0.25, 0.3) is 10.1 Å². The Labute approximate surface area is 292 Å². The zero-order valence-corrected chi connectivity index (χ0v) is 28.7. The number of fused-ring (bicyclic) bond motifs is 7. The quantitative estimate of drug-likeness (QED) is 0.322. The van der Waals surface area contributed by atoms with Crippen LogP contribution in [0.3, 0.4) is 0 Å². The highest BCUT2D eigenvalue weighted by Gasteiger charge is 2.51. The van der Waals surface area contributed by atoms with Gasteiger partial charge in [0, 0.05) is 38.7 Å². The average Bonchev–Trinajstić information content (AvgIpc) is 3.75. The smallest absolute Gasteiger partial charge is 0.282 e. The van der Waals surface area contributed by atoms with Gasteiger partial charge in [0.15, 0.2) is 5.83 Å². The molecule has 5 aliphatic rings. The van der Waals surface area contributed by atoms with Crippen LogP contribution in [-0.2, 0) is 22.6 Å². The summed E-state index contributed by atoms with van der Waals surface area (Å²) in [5.41, 5.74) is 3.71. The molecule has 2 unspecified atom stereocenters. The van der Waals surface area contributed by atoms with Gasteiger partial charge in [-0.25, -0.2) is 13.8 Å². The van der Waals surface area contributed by atoms with Gasteiger partial charge in [0.05, 0.1) is 63.3 Å². The molecule has 1 aromatic carbocycles. The number of aromatic nitrogens is 1. The Morgan fingerprint density at radius 3 is 2.90 bits per heavy atom. The third kappa shape index (κ3) is 5.22. The van der Waals surface area contributed by atoms with E-state index in [1.807, 2.05) is 23.1 Å². The molecule has 49 heavy (non-hydrogen) atoms. The van der Waals surface area contributed by atoms with Crippen molar-refractivity contribution in [2.24, 2.45) is 0 Å². The second-order valence-corrected chi connectivity index (χ2v) is 15.4. The molecule has 0 spiro atoms. The van der Waals surface area contributed by atoms with E-state index in [9.17, 15) is 23.6 Å². The van der Waals surface area contributed by atoms with E-state index in [4.69, 9.17) is 21.3 Å². The van der Waals surface area contributed by atoms with Crippen molar-refractivity contribution in [3.05, 3.63) is 52.3 Å². The molecule has 14 heteroatoms. The Balaban J connectivity index is 1.23. The third-order valence-corrected chi connectivity index (χ3v) is 12.3. The van der Waals surface area contributed by atoms with Gasteiger partial charge in [0.25, 0.3) is 11.8 Å². The molecule has 2 aromatic heterocycles. The number of ether oxygens (including phenoxy) is 1. The number of halogens is 3. The lowest BCUT2D eigenvalue weighted by Crippen LogP contribution is -2.66. The van der Waals surface area contributed by atoms with Crippen molar-refractivity contribution in [2.75, 3.05) is 61.1 Å². The number of piperazine rings is 1. The number of alkyl halides is 1. The number of carbonyl (C=O) groups excluding carboxylic acids is 2. The number of hydrogen-bond acceptors (Lipinski definition) is 9. The van der Waals surface area contributed by atoms with Crippen molar-refractivity contribution in [3.63, 3.8) is 0 Å². The first-order chi connectivity index (χ1) is 23.6. The molecule has 0 N–H and O–H groups in total. The normalized spacial score (nSPS) is 26.3. The predicted molar refractivity (Wildman–Crippen MR) is 185 cm³/mol. The molecule has 10 nitrogen and oxygen atoms in total. The van der Waals surface area contributed by atoms with Crippen molar-refractivity contribution in [2.45, 2.75) is 62.4 Å². The molecule has 3 saturated heterocycles. The molecule has 3 fully saturated rings. The van der Waals surface area contributed by atoms with Gasteiger partial charge in [-0.15, -0.1) is 11.3 Å². The van der Waals surface area contributed by atoms with E-state index in [1.54, 1.807) is 7.05 Å². The minimum atomic E-state index is -1.13. The monoisotopic (exact) mass is 707 g/mol. The minimum Gasteiger partial charge on any atom is -0.474 e. The molecule has 8 rings (SSSR count). The van der Waals surface area contributed by atoms with Crippen LogP contribution in [0.5, 0.6) is 5.88 Å². The fourth-order valence-electron chi connectivity index (χ4n) is 8.72. The van der Waals surface area contributed by atoms with E-state index in [1.165, 1.54) is 21.1 Å². The molecule has 7 heterocycles. The number of rotatable bonds is 6. The first-order valence-electron chi connectivity index (χ1n) is 16.7. The first-order valence-corrected chi connectivity index (χ1v) is 17.8. The first kappa shape index (κ1) is 32.2. The lowest BCUT2D eigenvalue weighted by Gasteiger charge is -2.51. The second-order valence-electron chi connectivity index (χ2n) is 13.8. The topological polar surface area (TPSA) is 96.3 Å². The molecule has 4 atom stereocenters. The zero-order chi connectivity index (χ0) is 34.2. The molecule has 5 aliphatic heterocycles. The number of anilines is 3. The summed E-state index contributed by atoms with van der Waals surface area (Å²) < 4.78 is 37.3. The van der Waals surface area contributed by atoms with Gasteiger partial charge in [0.2, 0.25) is 5.88 Å². The van der Waals surface area contributed by atoms with Gasteiger partial charge in [0.1, 0.15) is 24.5 Å². The number of nitrogens with zero attached hydrogens (tertiary/aromatic N) is 7. The van der Waals surface area contributed by atoms with Crippen molar-refractivity contribution in [3.8, 4) is 11.9 Å². The summed E-state index contributed by atoms with van der Waals surface area (Å²) in [6.07, 6.45) is 1.83. The number of nitriles is 1.